The zero-order valence-electron chi connectivity index (χ0n) is 10.5. The van der Waals surface area contributed by atoms with E-state index in [9.17, 15) is 14.5 Å². The van der Waals surface area contributed by atoms with Crippen LogP contribution in [0.2, 0.25) is 0 Å². The van der Waals surface area contributed by atoms with Gasteiger partial charge in [-0.1, -0.05) is 6.07 Å². The van der Waals surface area contributed by atoms with Crippen LogP contribution in [-0.4, -0.2) is 9.91 Å². The zero-order valence-corrected chi connectivity index (χ0v) is 10.5. The summed E-state index contributed by atoms with van der Waals surface area (Å²) in [5.74, 6) is 0.298. The maximum Gasteiger partial charge on any atom is 0.287 e. The molecule has 1 N–H and O–H groups in total. The Bertz CT molecular complexity index is 658. The summed E-state index contributed by atoms with van der Waals surface area (Å²) in [5, 5.41) is 13.8. The standard InChI is InChI=1S/C14H12FN3O2/c15-10-3-1-9-2-5-13(12(9)7-10)17-14-6-4-11(8-16-14)18(19)20/h1,3-4,6-8,13H,2,5H2,(H,16,17). The molecule has 2 aromatic rings. The van der Waals surface area contributed by atoms with Crippen LogP contribution >= 0.6 is 0 Å². The van der Waals surface area contributed by atoms with E-state index in [0.29, 0.717) is 5.82 Å². The summed E-state index contributed by atoms with van der Waals surface area (Å²) < 4.78 is 13.3. The fourth-order valence-electron chi connectivity index (χ4n) is 2.48. The number of anilines is 1. The first-order valence-corrected chi connectivity index (χ1v) is 6.29. The number of hydrogen-bond acceptors (Lipinski definition) is 4. The predicted molar refractivity (Wildman–Crippen MR) is 72.0 cm³/mol. The monoisotopic (exact) mass is 273 g/mol. The van der Waals surface area contributed by atoms with Gasteiger partial charge in [0.05, 0.1) is 11.0 Å². The number of hydrogen-bond donors (Lipinski definition) is 1. The lowest BCUT2D eigenvalue weighted by Gasteiger charge is -2.14. The summed E-state index contributed by atoms with van der Waals surface area (Å²) in [7, 11) is 0. The van der Waals surface area contributed by atoms with Gasteiger partial charge in [-0.15, -0.1) is 0 Å². The lowest BCUT2D eigenvalue weighted by Crippen LogP contribution is -2.08. The average Bonchev–Trinajstić information content (AvgIpc) is 2.82. The molecule has 1 aromatic heterocycles. The van der Waals surface area contributed by atoms with E-state index in [4.69, 9.17) is 0 Å². The van der Waals surface area contributed by atoms with Crippen molar-refractivity contribution < 1.29 is 9.31 Å². The first-order valence-electron chi connectivity index (χ1n) is 6.29. The summed E-state index contributed by atoms with van der Waals surface area (Å²) in [4.78, 5) is 14.1. The smallest absolute Gasteiger partial charge is 0.287 e. The van der Waals surface area contributed by atoms with Crippen molar-refractivity contribution in [2.75, 3.05) is 5.32 Å². The number of rotatable bonds is 3. The molecule has 5 nitrogen and oxygen atoms in total. The molecule has 20 heavy (non-hydrogen) atoms. The van der Waals surface area contributed by atoms with Gasteiger partial charge in [0.2, 0.25) is 0 Å². The zero-order chi connectivity index (χ0) is 14.1. The highest BCUT2D eigenvalue weighted by molar-refractivity contribution is 5.45. The first-order chi connectivity index (χ1) is 9.63. The fraction of sp³-hybridized carbons (Fsp3) is 0.214. The van der Waals surface area contributed by atoms with Crippen LogP contribution < -0.4 is 5.32 Å². The third-order valence-electron chi connectivity index (χ3n) is 3.47. The summed E-state index contributed by atoms with van der Waals surface area (Å²) in [6, 6.07) is 7.76. The van der Waals surface area contributed by atoms with Gasteiger partial charge >= 0.3 is 0 Å². The lowest BCUT2D eigenvalue weighted by molar-refractivity contribution is -0.385. The van der Waals surface area contributed by atoms with Crippen LogP contribution in [0.1, 0.15) is 23.6 Å². The summed E-state index contributed by atoms with van der Waals surface area (Å²) in [6.45, 7) is 0. The van der Waals surface area contributed by atoms with Crippen LogP contribution in [0.25, 0.3) is 0 Å². The number of halogens is 1. The lowest BCUT2D eigenvalue weighted by atomic mass is 10.1. The number of nitrogens with zero attached hydrogens (tertiary/aromatic N) is 2. The van der Waals surface area contributed by atoms with Crippen molar-refractivity contribution in [2.45, 2.75) is 18.9 Å². The Labute approximate surface area is 114 Å². The highest BCUT2D eigenvalue weighted by atomic mass is 19.1. The van der Waals surface area contributed by atoms with Gasteiger partial charge in [0.25, 0.3) is 5.69 Å². The van der Waals surface area contributed by atoms with Gasteiger partial charge in [0.15, 0.2) is 0 Å². The van der Waals surface area contributed by atoms with E-state index in [-0.39, 0.29) is 17.5 Å². The van der Waals surface area contributed by atoms with Crippen LogP contribution in [0.3, 0.4) is 0 Å². The van der Waals surface area contributed by atoms with Crippen molar-refractivity contribution in [3.8, 4) is 0 Å². The van der Waals surface area contributed by atoms with E-state index < -0.39 is 4.92 Å². The third kappa shape index (κ3) is 2.32. The molecule has 3 rings (SSSR count). The third-order valence-corrected chi connectivity index (χ3v) is 3.47. The van der Waals surface area contributed by atoms with E-state index in [1.54, 1.807) is 12.1 Å². The number of pyridine rings is 1. The van der Waals surface area contributed by atoms with Gasteiger partial charge in [-0.2, -0.15) is 0 Å². The highest BCUT2D eigenvalue weighted by Crippen LogP contribution is 2.34. The minimum Gasteiger partial charge on any atom is -0.363 e. The second kappa shape index (κ2) is 4.88. The predicted octanol–water partition coefficient (Wildman–Crippen LogP) is 3.23. The minimum atomic E-state index is -0.489. The maximum absolute atomic E-state index is 13.3. The molecular formula is C14H12FN3O2. The Kier molecular flexibility index (Phi) is 3.06. The molecule has 1 aliphatic carbocycles. The Morgan fingerprint density at radius 1 is 1.35 bits per heavy atom. The number of fused-ring (bicyclic) bond motifs is 1. The number of nitro groups is 1. The summed E-state index contributed by atoms with van der Waals surface area (Å²) in [6.07, 6.45) is 2.96. The molecule has 1 atom stereocenters. The molecule has 0 amide bonds. The van der Waals surface area contributed by atoms with Crippen LogP contribution in [0, 0.1) is 15.9 Å². The molecular weight excluding hydrogens is 261 g/mol. The molecule has 0 fully saturated rings. The van der Waals surface area contributed by atoms with Gasteiger partial charge in [0.1, 0.15) is 17.8 Å². The molecule has 1 aromatic carbocycles. The minimum absolute atomic E-state index is 0.00495. The van der Waals surface area contributed by atoms with Crippen molar-refractivity contribution in [1.29, 1.82) is 0 Å². The fourth-order valence-corrected chi connectivity index (χ4v) is 2.48. The second-order valence-corrected chi connectivity index (χ2v) is 4.74. The quantitative estimate of drug-likeness (QED) is 0.688. The highest BCUT2D eigenvalue weighted by Gasteiger charge is 2.23. The Hall–Kier alpha value is -2.50. The molecule has 1 aliphatic rings. The van der Waals surface area contributed by atoms with Crippen molar-refractivity contribution in [3.63, 3.8) is 0 Å². The molecule has 6 heteroatoms. The van der Waals surface area contributed by atoms with Gasteiger partial charge in [0, 0.05) is 6.07 Å². The van der Waals surface area contributed by atoms with Crippen LogP contribution in [0.15, 0.2) is 36.5 Å². The van der Waals surface area contributed by atoms with E-state index in [1.807, 2.05) is 0 Å². The molecule has 0 saturated carbocycles. The number of aromatic nitrogens is 1. The van der Waals surface area contributed by atoms with Crippen LogP contribution in [-0.2, 0) is 6.42 Å². The summed E-state index contributed by atoms with van der Waals surface area (Å²) in [5.41, 5.74) is 2.02. The normalized spacial score (nSPS) is 16.8. The number of aryl methyl sites for hydroxylation is 1. The van der Waals surface area contributed by atoms with E-state index in [0.717, 1.165) is 24.0 Å². The van der Waals surface area contributed by atoms with Crippen LogP contribution in [0.4, 0.5) is 15.9 Å². The van der Waals surface area contributed by atoms with Crippen molar-refractivity contribution in [2.24, 2.45) is 0 Å². The molecule has 0 bridgehead atoms. The molecule has 102 valence electrons. The van der Waals surface area contributed by atoms with Gasteiger partial charge in [-0.25, -0.2) is 9.37 Å². The van der Waals surface area contributed by atoms with Gasteiger partial charge in [-0.3, -0.25) is 10.1 Å². The SMILES string of the molecule is O=[N+]([O-])c1ccc(NC2CCc3ccc(F)cc32)nc1. The van der Waals surface area contributed by atoms with Crippen molar-refractivity contribution in [3.05, 3.63) is 63.6 Å². The summed E-state index contributed by atoms with van der Waals surface area (Å²) >= 11 is 0. The van der Waals surface area contributed by atoms with E-state index >= 15 is 0 Å². The van der Waals surface area contributed by atoms with Gasteiger partial charge in [-0.05, 0) is 42.2 Å². The van der Waals surface area contributed by atoms with E-state index in [1.165, 1.54) is 24.4 Å². The molecule has 0 saturated heterocycles. The largest absolute Gasteiger partial charge is 0.363 e. The molecule has 0 aliphatic heterocycles. The molecule has 1 unspecified atom stereocenters. The topological polar surface area (TPSA) is 68.1 Å². The second-order valence-electron chi connectivity index (χ2n) is 4.74. The number of benzene rings is 1. The van der Waals surface area contributed by atoms with Crippen molar-refractivity contribution in [1.82, 2.24) is 4.98 Å². The van der Waals surface area contributed by atoms with E-state index in [2.05, 4.69) is 10.3 Å². The molecule has 0 radical (unpaired) electrons. The maximum atomic E-state index is 13.3. The number of nitrogens with one attached hydrogen (secondary N) is 1. The average molecular weight is 273 g/mol. The van der Waals surface area contributed by atoms with Gasteiger partial charge < -0.3 is 5.32 Å². The Balaban J connectivity index is 1.80. The van der Waals surface area contributed by atoms with Crippen molar-refractivity contribution >= 4 is 11.5 Å². The molecule has 0 spiro atoms. The molecule has 1 heterocycles. The Morgan fingerprint density at radius 2 is 2.20 bits per heavy atom. The Morgan fingerprint density at radius 3 is 2.90 bits per heavy atom. The first kappa shape index (κ1) is 12.5. The van der Waals surface area contributed by atoms with Crippen LogP contribution in [0.5, 0.6) is 0 Å².